The molecule has 4 aliphatic rings. The number of carbonyl (C=O) groups excluding carboxylic acids is 4. The highest BCUT2D eigenvalue weighted by Gasteiger charge is 2.76. The summed E-state index contributed by atoms with van der Waals surface area (Å²) >= 11 is 17.6. The minimum Gasteiger partial charge on any atom is -0.504 e. The van der Waals surface area contributed by atoms with Crippen molar-refractivity contribution < 1.29 is 29.0 Å². The van der Waals surface area contributed by atoms with E-state index in [2.05, 4.69) is 15.9 Å². The molecule has 0 aromatic heterocycles. The van der Waals surface area contributed by atoms with Crippen molar-refractivity contribution in [1.82, 2.24) is 9.80 Å². The van der Waals surface area contributed by atoms with Crippen LogP contribution in [0.25, 0.3) is 0 Å². The van der Waals surface area contributed by atoms with E-state index in [0.29, 0.717) is 37.1 Å². The Morgan fingerprint density at radius 2 is 1.81 bits per heavy atom. The molecule has 8 nitrogen and oxygen atoms in total. The average molecular weight is 614 g/mol. The third-order valence-electron chi connectivity index (χ3n) is 8.17. The van der Waals surface area contributed by atoms with Crippen LogP contribution in [0, 0.1) is 17.8 Å². The smallest absolute Gasteiger partial charge is 0.254 e. The molecular formula is C26H27BrCl2N2O6. The van der Waals surface area contributed by atoms with Gasteiger partial charge in [0.15, 0.2) is 21.2 Å². The molecule has 0 radical (unpaired) electrons. The molecule has 11 heteroatoms. The lowest BCUT2D eigenvalue weighted by molar-refractivity contribution is -0.141. The maximum Gasteiger partial charge on any atom is 0.254 e. The average Bonchev–Trinajstić information content (AvgIpc) is 3.19. The summed E-state index contributed by atoms with van der Waals surface area (Å²) < 4.78 is 5.58. The van der Waals surface area contributed by atoms with E-state index in [1.165, 1.54) is 11.0 Å². The maximum atomic E-state index is 13.7. The standard InChI is InChI=1S/C26H27BrCl2N2O6/c1-3-9-30-21(33)15-7-6-14-16(19(15)22(30)34)11-25(28)23(35)31(12-27)24(36)26(25,29)20(14)13-5-8-17(32)18(10-13)37-4-2/h5-6,8,10,15-16,19-20,32H,3-4,7,9,11-12H2,1-2H3. The van der Waals surface area contributed by atoms with Crippen molar-refractivity contribution in [3.05, 3.63) is 35.4 Å². The number of imide groups is 2. The van der Waals surface area contributed by atoms with E-state index in [-0.39, 0.29) is 35.2 Å². The van der Waals surface area contributed by atoms with Crippen LogP contribution in [0.1, 0.15) is 44.6 Å². The van der Waals surface area contributed by atoms with Gasteiger partial charge < -0.3 is 9.84 Å². The molecule has 0 bridgehead atoms. The van der Waals surface area contributed by atoms with Gasteiger partial charge in [0.05, 0.1) is 23.9 Å². The van der Waals surface area contributed by atoms with Gasteiger partial charge in [-0.1, -0.05) is 40.6 Å². The monoisotopic (exact) mass is 612 g/mol. The highest BCUT2D eigenvalue weighted by Crippen LogP contribution is 2.65. The largest absolute Gasteiger partial charge is 0.504 e. The Kier molecular flexibility index (Phi) is 6.64. The summed E-state index contributed by atoms with van der Waals surface area (Å²) in [5.74, 6) is -4.34. The van der Waals surface area contributed by atoms with Gasteiger partial charge in [0.1, 0.15) is 0 Å². The van der Waals surface area contributed by atoms with E-state index in [1.807, 2.05) is 13.0 Å². The SMILES string of the molecule is CCCN1C(=O)C2CC=C3C(CC4(Cl)C(=O)N(CBr)C(=O)C4(Cl)C3c3ccc(O)c(OCC)c3)C2C1=O. The molecule has 2 aliphatic carbocycles. The van der Waals surface area contributed by atoms with Crippen LogP contribution in [0.4, 0.5) is 0 Å². The van der Waals surface area contributed by atoms with Crippen LogP contribution in [0.3, 0.4) is 0 Å². The van der Waals surface area contributed by atoms with Crippen molar-refractivity contribution in [3.8, 4) is 11.5 Å². The van der Waals surface area contributed by atoms with Crippen LogP contribution in [0.2, 0.25) is 0 Å². The number of amides is 4. The molecule has 198 valence electrons. The summed E-state index contributed by atoms with van der Waals surface area (Å²) in [7, 11) is 0. The van der Waals surface area contributed by atoms with Gasteiger partial charge in [-0.2, -0.15) is 0 Å². The van der Waals surface area contributed by atoms with E-state index in [9.17, 15) is 24.3 Å². The third-order valence-corrected chi connectivity index (χ3v) is 10.1. The zero-order valence-electron chi connectivity index (χ0n) is 20.4. The molecule has 2 saturated heterocycles. The molecule has 1 aromatic carbocycles. The summed E-state index contributed by atoms with van der Waals surface area (Å²) in [6.07, 6.45) is 2.79. The molecule has 1 N–H and O–H groups in total. The van der Waals surface area contributed by atoms with Crippen molar-refractivity contribution >= 4 is 62.8 Å². The Morgan fingerprint density at radius 1 is 1.08 bits per heavy atom. The summed E-state index contributed by atoms with van der Waals surface area (Å²) in [6, 6.07) is 4.67. The topological polar surface area (TPSA) is 104 Å². The van der Waals surface area contributed by atoms with Crippen LogP contribution < -0.4 is 4.74 Å². The number of ether oxygens (including phenoxy) is 1. The predicted molar refractivity (Wildman–Crippen MR) is 140 cm³/mol. The van der Waals surface area contributed by atoms with Crippen molar-refractivity contribution in [2.75, 3.05) is 18.6 Å². The molecule has 6 unspecified atom stereocenters. The number of nitrogens with zero attached hydrogens (tertiary/aromatic N) is 2. The van der Waals surface area contributed by atoms with Gasteiger partial charge in [-0.05, 0) is 49.8 Å². The number of phenolic OH excluding ortho intramolecular Hbond substituents is 1. The van der Waals surface area contributed by atoms with Crippen LogP contribution in [0.5, 0.6) is 11.5 Å². The van der Waals surface area contributed by atoms with E-state index in [0.717, 1.165) is 4.90 Å². The number of halogens is 3. The number of fused-ring (bicyclic) bond motifs is 4. The summed E-state index contributed by atoms with van der Waals surface area (Å²) in [5, 5.41) is 10.3. The Hall–Kier alpha value is -2.10. The second-order valence-electron chi connectivity index (χ2n) is 9.97. The Balaban J connectivity index is 1.71. The molecule has 4 amide bonds. The fourth-order valence-electron chi connectivity index (χ4n) is 6.62. The minimum atomic E-state index is -1.89. The Labute approximate surface area is 233 Å². The van der Waals surface area contributed by atoms with Gasteiger partial charge in [0, 0.05) is 12.5 Å². The number of benzene rings is 1. The first-order valence-electron chi connectivity index (χ1n) is 12.4. The molecular weight excluding hydrogens is 587 g/mol. The highest BCUT2D eigenvalue weighted by molar-refractivity contribution is 9.09. The number of allylic oxidation sites excluding steroid dienone is 2. The van der Waals surface area contributed by atoms with E-state index in [1.54, 1.807) is 19.1 Å². The van der Waals surface area contributed by atoms with Crippen molar-refractivity contribution in [3.63, 3.8) is 0 Å². The Bertz CT molecular complexity index is 1240. The number of hydrogen-bond acceptors (Lipinski definition) is 6. The van der Waals surface area contributed by atoms with Crippen LogP contribution in [0.15, 0.2) is 29.8 Å². The molecule has 2 aliphatic heterocycles. The van der Waals surface area contributed by atoms with Gasteiger partial charge in [-0.15, -0.1) is 23.2 Å². The molecule has 2 heterocycles. The number of alkyl halides is 3. The van der Waals surface area contributed by atoms with Gasteiger partial charge >= 0.3 is 0 Å². The van der Waals surface area contributed by atoms with Crippen LogP contribution in [-0.2, 0) is 19.2 Å². The first-order chi connectivity index (χ1) is 17.6. The van der Waals surface area contributed by atoms with Gasteiger partial charge in [0.2, 0.25) is 11.8 Å². The zero-order valence-corrected chi connectivity index (χ0v) is 23.5. The summed E-state index contributed by atoms with van der Waals surface area (Å²) in [5.41, 5.74) is 1.14. The lowest BCUT2D eigenvalue weighted by Crippen LogP contribution is -2.60. The molecule has 1 aromatic rings. The lowest BCUT2D eigenvalue weighted by Gasteiger charge is -2.50. The zero-order chi connectivity index (χ0) is 26.9. The number of phenols is 1. The van der Waals surface area contributed by atoms with Crippen molar-refractivity contribution in [1.29, 1.82) is 0 Å². The Morgan fingerprint density at radius 3 is 2.46 bits per heavy atom. The fraction of sp³-hybridized carbons (Fsp3) is 0.538. The first-order valence-corrected chi connectivity index (χ1v) is 14.3. The van der Waals surface area contributed by atoms with E-state index < -0.39 is 45.2 Å². The molecule has 37 heavy (non-hydrogen) atoms. The van der Waals surface area contributed by atoms with Gasteiger partial charge in [0.25, 0.3) is 11.8 Å². The summed E-state index contributed by atoms with van der Waals surface area (Å²) in [6.45, 7) is 4.29. The second kappa shape index (κ2) is 9.27. The van der Waals surface area contributed by atoms with Gasteiger partial charge in [-0.3, -0.25) is 29.0 Å². The number of likely N-dealkylation sites (tertiary alicyclic amines) is 2. The summed E-state index contributed by atoms with van der Waals surface area (Å²) in [4.78, 5) is 52.6. The second-order valence-corrected chi connectivity index (χ2v) is 11.7. The molecule has 5 rings (SSSR count). The number of carbonyl (C=O) groups is 4. The number of aromatic hydroxyl groups is 1. The van der Waals surface area contributed by atoms with Crippen LogP contribution >= 0.6 is 39.1 Å². The van der Waals surface area contributed by atoms with E-state index >= 15 is 0 Å². The maximum absolute atomic E-state index is 13.7. The quantitative estimate of drug-likeness (QED) is 0.226. The number of hydrogen-bond donors (Lipinski definition) is 1. The normalized spacial score (nSPS) is 34.9. The number of rotatable bonds is 6. The first kappa shape index (κ1) is 26.5. The lowest BCUT2D eigenvalue weighted by atomic mass is 9.56. The molecule has 0 spiro atoms. The third kappa shape index (κ3) is 3.46. The molecule has 3 fully saturated rings. The van der Waals surface area contributed by atoms with Crippen LogP contribution in [-0.4, -0.2) is 66.9 Å². The molecule has 1 saturated carbocycles. The predicted octanol–water partition coefficient (Wildman–Crippen LogP) is 3.91. The van der Waals surface area contributed by atoms with Gasteiger partial charge in [-0.25, -0.2) is 0 Å². The molecule has 6 atom stereocenters. The van der Waals surface area contributed by atoms with E-state index in [4.69, 9.17) is 27.9 Å². The highest BCUT2D eigenvalue weighted by atomic mass is 79.9. The minimum absolute atomic E-state index is 0.0506. The fourth-order valence-corrected chi connectivity index (χ4v) is 8.04. The van der Waals surface area contributed by atoms with Crippen molar-refractivity contribution in [2.45, 2.75) is 48.8 Å². The van der Waals surface area contributed by atoms with Crippen molar-refractivity contribution in [2.24, 2.45) is 17.8 Å².